The van der Waals surface area contributed by atoms with Crippen molar-refractivity contribution in [1.29, 1.82) is 0 Å². The maximum absolute atomic E-state index is 10.9. The van der Waals surface area contributed by atoms with Gasteiger partial charge < -0.3 is 25.5 Å². The Bertz CT molecular complexity index is 544. The number of aliphatic carboxylic acids is 2. The molecule has 1 aromatic rings. The lowest BCUT2D eigenvalue weighted by Crippen LogP contribution is -2.39. The van der Waals surface area contributed by atoms with Crippen molar-refractivity contribution in [3.63, 3.8) is 0 Å². The van der Waals surface area contributed by atoms with Crippen LogP contribution in [0.5, 0.6) is 5.75 Å². The number of carboxylic acid groups (broad SMARTS) is 2. The molecule has 1 rings (SSSR count). The van der Waals surface area contributed by atoms with Gasteiger partial charge in [0.25, 0.3) is 0 Å². The third kappa shape index (κ3) is 5.46. The molecule has 0 fully saturated rings. The normalized spacial score (nSPS) is 13.5. The highest BCUT2D eigenvalue weighted by molar-refractivity contribution is 5.74. The Hall–Kier alpha value is -2.20. The molecule has 7 N–H and O–H groups in total. The van der Waals surface area contributed by atoms with Crippen molar-refractivity contribution < 1.29 is 35.1 Å². The van der Waals surface area contributed by atoms with E-state index in [1.807, 2.05) is 0 Å². The number of aromatic hydroxyl groups is 1. The van der Waals surface area contributed by atoms with Crippen molar-refractivity contribution in [2.24, 2.45) is 0 Å². The van der Waals surface area contributed by atoms with Crippen molar-refractivity contribution in [2.75, 3.05) is 13.2 Å². The number of phenolic OH excluding ortho intramolecular Hbond substituents is 1. The molecule has 134 valence electrons. The zero-order valence-corrected chi connectivity index (χ0v) is 13.2. The summed E-state index contributed by atoms with van der Waals surface area (Å²) < 4.78 is 0. The smallest absolute Gasteiger partial charge is 0.323 e. The van der Waals surface area contributed by atoms with Crippen molar-refractivity contribution in [2.45, 2.75) is 32.1 Å². The fourth-order valence-electron chi connectivity index (χ4n) is 2.13. The van der Waals surface area contributed by atoms with Crippen LogP contribution in [-0.2, 0) is 22.7 Å². The molecule has 0 unspecified atom stereocenters. The van der Waals surface area contributed by atoms with Gasteiger partial charge in [-0.2, -0.15) is 0 Å². The van der Waals surface area contributed by atoms with E-state index in [2.05, 4.69) is 10.6 Å². The minimum absolute atomic E-state index is 0.0143. The number of aliphatic hydroxyl groups is 2. The summed E-state index contributed by atoms with van der Waals surface area (Å²) in [4.78, 5) is 21.7. The number of rotatable bonds is 10. The molecule has 0 saturated heterocycles. The summed E-state index contributed by atoms with van der Waals surface area (Å²) in [7, 11) is 0. The Balaban J connectivity index is 2.87. The Kier molecular flexibility index (Phi) is 7.59. The SMILES string of the molecule is Cc1cc(CN[C@@H](CO)C(=O)O)c(O)c(CN[C@@H](CO)C(=O)O)c1. The number of hydrogen-bond donors (Lipinski definition) is 7. The number of phenols is 1. The minimum atomic E-state index is -1.21. The Morgan fingerprint density at radius 1 is 0.958 bits per heavy atom. The monoisotopic (exact) mass is 342 g/mol. The summed E-state index contributed by atoms with van der Waals surface area (Å²) in [6, 6.07) is 1.00. The molecule has 24 heavy (non-hydrogen) atoms. The van der Waals surface area contributed by atoms with Crippen LogP contribution in [0.15, 0.2) is 12.1 Å². The van der Waals surface area contributed by atoms with Gasteiger partial charge in [0.1, 0.15) is 17.8 Å². The number of benzene rings is 1. The Morgan fingerprint density at radius 2 is 1.33 bits per heavy atom. The molecule has 0 bridgehead atoms. The zero-order chi connectivity index (χ0) is 18.3. The number of carbonyl (C=O) groups is 2. The number of aryl methyl sites for hydroxylation is 1. The van der Waals surface area contributed by atoms with E-state index in [1.54, 1.807) is 19.1 Å². The number of hydrogen-bond acceptors (Lipinski definition) is 7. The topological polar surface area (TPSA) is 159 Å². The molecule has 2 atom stereocenters. The highest BCUT2D eigenvalue weighted by atomic mass is 16.4. The lowest BCUT2D eigenvalue weighted by atomic mass is 10.0. The zero-order valence-electron chi connectivity index (χ0n) is 13.2. The molecule has 9 nitrogen and oxygen atoms in total. The van der Waals surface area contributed by atoms with E-state index in [0.717, 1.165) is 5.56 Å². The van der Waals surface area contributed by atoms with E-state index in [0.29, 0.717) is 11.1 Å². The van der Waals surface area contributed by atoms with Crippen LogP contribution in [0.1, 0.15) is 16.7 Å². The highest BCUT2D eigenvalue weighted by Crippen LogP contribution is 2.24. The molecule has 0 heterocycles. The quantitative estimate of drug-likeness (QED) is 0.276. The van der Waals surface area contributed by atoms with Gasteiger partial charge in [0.2, 0.25) is 0 Å². The second kappa shape index (κ2) is 9.18. The van der Waals surface area contributed by atoms with Gasteiger partial charge in [-0.15, -0.1) is 0 Å². The lowest BCUT2D eigenvalue weighted by Gasteiger charge is -2.17. The molecule has 0 radical (unpaired) electrons. The summed E-state index contributed by atoms with van der Waals surface area (Å²) in [5.41, 5.74) is 1.62. The molecule has 0 aromatic heterocycles. The predicted octanol–water partition coefficient (Wildman–Crippen LogP) is -1.23. The summed E-state index contributed by atoms with van der Waals surface area (Å²) in [5, 5.41) is 51.2. The largest absolute Gasteiger partial charge is 0.507 e. The molecule has 0 aliphatic carbocycles. The first-order valence-electron chi connectivity index (χ1n) is 7.25. The van der Waals surface area contributed by atoms with Gasteiger partial charge >= 0.3 is 11.9 Å². The van der Waals surface area contributed by atoms with Crippen LogP contribution >= 0.6 is 0 Å². The average molecular weight is 342 g/mol. The summed E-state index contributed by atoms with van der Waals surface area (Å²) in [6.07, 6.45) is 0. The van der Waals surface area contributed by atoms with Crippen LogP contribution in [-0.4, -0.2) is 62.8 Å². The van der Waals surface area contributed by atoms with Gasteiger partial charge in [-0.05, 0) is 6.92 Å². The van der Waals surface area contributed by atoms with Gasteiger partial charge in [-0.1, -0.05) is 17.7 Å². The van der Waals surface area contributed by atoms with Crippen LogP contribution < -0.4 is 10.6 Å². The maximum atomic E-state index is 10.9. The second-order valence-electron chi connectivity index (χ2n) is 5.34. The molecular weight excluding hydrogens is 320 g/mol. The lowest BCUT2D eigenvalue weighted by molar-refractivity contribution is -0.141. The number of nitrogens with one attached hydrogen (secondary N) is 2. The molecule has 9 heteroatoms. The van der Waals surface area contributed by atoms with Crippen LogP contribution in [0.25, 0.3) is 0 Å². The standard InChI is InChI=1S/C15H22N2O7/c1-8-2-9(4-16-11(6-18)14(21)22)13(20)10(3-8)5-17-12(7-19)15(23)24/h2-3,11-12,16-20H,4-7H2,1H3,(H,21,22)(H,23,24)/t11-,12-/m0/s1. The third-order valence-electron chi connectivity index (χ3n) is 3.45. The van der Waals surface area contributed by atoms with Crippen LogP contribution in [0.2, 0.25) is 0 Å². The van der Waals surface area contributed by atoms with Crippen molar-refractivity contribution in [1.82, 2.24) is 10.6 Å². The predicted molar refractivity (Wildman–Crippen MR) is 83.5 cm³/mol. The molecule has 0 amide bonds. The van der Waals surface area contributed by atoms with E-state index in [1.165, 1.54) is 0 Å². The van der Waals surface area contributed by atoms with Crippen LogP contribution in [0, 0.1) is 6.92 Å². The molecule has 0 aliphatic rings. The first-order chi connectivity index (χ1) is 11.3. The molecule has 0 spiro atoms. The van der Waals surface area contributed by atoms with E-state index in [9.17, 15) is 14.7 Å². The first-order valence-corrected chi connectivity index (χ1v) is 7.25. The second-order valence-corrected chi connectivity index (χ2v) is 5.34. The van der Waals surface area contributed by atoms with Crippen molar-refractivity contribution in [3.8, 4) is 5.75 Å². The molecular formula is C15H22N2O7. The molecule has 1 aromatic carbocycles. The third-order valence-corrected chi connectivity index (χ3v) is 3.45. The van der Waals surface area contributed by atoms with E-state index < -0.39 is 37.2 Å². The van der Waals surface area contributed by atoms with E-state index in [4.69, 9.17) is 20.4 Å². The van der Waals surface area contributed by atoms with E-state index in [-0.39, 0.29) is 18.8 Å². The van der Waals surface area contributed by atoms with Gasteiger partial charge in [-0.25, -0.2) is 0 Å². The van der Waals surface area contributed by atoms with Gasteiger partial charge in [0, 0.05) is 24.2 Å². The molecule has 0 aliphatic heterocycles. The maximum Gasteiger partial charge on any atom is 0.323 e. The van der Waals surface area contributed by atoms with Gasteiger partial charge in [0.15, 0.2) is 0 Å². The fourth-order valence-corrected chi connectivity index (χ4v) is 2.13. The van der Waals surface area contributed by atoms with Crippen molar-refractivity contribution in [3.05, 3.63) is 28.8 Å². The van der Waals surface area contributed by atoms with Gasteiger partial charge in [-0.3, -0.25) is 20.2 Å². The summed E-state index contributed by atoms with van der Waals surface area (Å²) in [5.74, 6) is -2.53. The Morgan fingerprint density at radius 3 is 1.62 bits per heavy atom. The number of aliphatic hydroxyl groups excluding tert-OH is 2. The van der Waals surface area contributed by atoms with Gasteiger partial charge in [0.05, 0.1) is 13.2 Å². The van der Waals surface area contributed by atoms with Crippen LogP contribution in [0.4, 0.5) is 0 Å². The summed E-state index contributed by atoms with van der Waals surface area (Å²) >= 11 is 0. The highest BCUT2D eigenvalue weighted by Gasteiger charge is 2.19. The summed E-state index contributed by atoms with van der Waals surface area (Å²) in [6.45, 7) is 0.620. The van der Waals surface area contributed by atoms with E-state index >= 15 is 0 Å². The van der Waals surface area contributed by atoms with Crippen molar-refractivity contribution >= 4 is 11.9 Å². The number of carboxylic acids is 2. The Labute approximate surface area is 138 Å². The first kappa shape index (κ1) is 19.8. The molecule has 0 saturated carbocycles. The fraction of sp³-hybridized carbons (Fsp3) is 0.467. The van der Waals surface area contributed by atoms with Crippen LogP contribution in [0.3, 0.4) is 0 Å². The average Bonchev–Trinajstić information content (AvgIpc) is 2.51. The minimum Gasteiger partial charge on any atom is -0.507 e.